The van der Waals surface area contributed by atoms with Gasteiger partial charge in [-0.25, -0.2) is 4.98 Å². The van der Waals surface area contributed by atoms with Gasteiger partial charge in [-0.3, -0.25) is 9.67 Å². The summed E-state index contributed by atoms with van der Waals surface area (Å²) in [6.45, 7) is 12.0. The van der Waals surface area contributed by atoms with E-state index in [0.29, 0.717) is 17.7 Å². The van der Waals surface area contributed by atoms with Gasteiger partial charge >= 0.3 is 0 Å². The first kappa shape index (κ1) is 29.5. The highest BCUT2D eigenvalue weighted by atomic mass is 31.2. The highest BCUT2D eigenvalue weighted by Crippen LogP contribution is 2.37. The summed E-state index contributed by atoms with van der Waals surface area (Å²) >= 11 is 0. The number of rotatable bonds is 5. The number of ether oxygens (including phenoxy) is 1. The van der Waals surface area contributed by atoms with Gasteiger partial charge in [0.1, 0.15) is 19.2 Å². The maximum atomic E-state index is 11.9. The van der Waals surface area contributed by atoms with Crippen LogP contribution in [-0.4, -0.2) is 40.2 Å². The zero-order valence-electron chi connectivity index (χ0n) is 19.2. The maximum Gasteiger partial charge on any atom is 0.184 e. The minimum absolute atomic E-state index is 0. The van der Waals surface area contributed by atoms with Crippen LogP contribution >= 0.6 is 7.14 Å². The van der Waals surface area contributed by atoms with E-state index in [0.717, 1.165) is 22.3 Å². The molecule has 2 aromatic heterocycles. The SMILES string of the molecule is C.C.CC(C)c1ncccc1P(C)(C)=O.COc1c(-c2ncn(C)n2)cccc1C(C)C. The third-order valence-corrected chi connectivity index (χ3v) is 6.19. The number of benzene rings is 1. The summed E-state index contributed by atoms with van der Waals surface area (Å²) in [5, 5.41) is 5.24. The number of para-hydroxylation sites is 1. The van der Waals surface area contributed by atoms with Crippen molar-refractivity contribution in [2.75, 3.05) is 20.4 Å². The third kappa shape index (κ3) is 7.30. The Morgan fingerprint density at radius 3 is 2.06 bits per heavy atom. The van der Waals surface area contributed by atoms with Gasteiger partial charge < -0.3 is 9.30 Å². The summed E-state index contributed by atoms with van der Waals surface area (Å²) in [4.78, 5) is 8.54. The molecule has 0 saturated carbocycles. The summed E-state index contributed by atoms with van der Waals surface area (Å²) in [6, 6.07) is 9.85. The second kappa shape index (κ2) is 12.5. The van der Waals surface area contributed by atoms with Gasteiger partial charge in [0.05, 0.1) is 18.4 Å². The number of methoxy groups -OCH3 is 1. The van der Waals surface area contributed by atoms with Crippen LogP contribution in [0.3, 0.4) is 0 Å². The molecule has 0 aliphatic carbocycles. The summed E-state index contributed by atoms with van der Waals surface area (Å²) in [5.74, 6) is 2.32. The molecule has 0 fully saturated rings. The Morgan fingerprint density at radius 1 is 0.969 bits per heavy atom. The van der Waals surface area contributed by atoms with Crippen LogP contribution in [0.2, 0.25) is 0 Å². The van der Waals surface area contributed by atoms with E-state index in [1.807, 2.05) is 31.3 Å². The number of aromatic nitrogens is 4. The van der Waals surface area contributed by atoms with Gasteiger partial charge in [-0.2, -0.15) is 5.10 Å². The van der Waals surface area contributed by atoms with Crippen molar-refractivity contribution in [3.63, 3.8) is 0 Å². The van der Waals surface area contributed by atoms with Crippen molar-refractivity contribution < 1.29 is 9.30 Å². The lowest BCUT2D eigenvalue weighted by atomic mass is 9.99. The zero-order chi connectivity index (χ0) is 22.5. The molecule has 0 amide bonds. The first-order chi connectivity index (χ1) is 14.1. The second-order valence-electron chi connectivity index (χ2n) is 8.24. The minimum atomic E-state index is -2.17. The number of nitrogens with zero attached hydrogens (tertiary/aromatic N) is 4. The van der Waals surface area contributed by atoms with Crippen LogP contribution in [0.5, 0.6) is 5.75 Å². The van der Waals surface area contributed by atoms with Crippen molar-refractivity contribution in [3.05, 3.63) is 54.1 Å². The van der Waals surface area contributed by atoms with E-state index in [1.54, 1.807) is 37.6 Å². The van der Waals surface area contributed by atoms with Gasteiger partial charge in [-0.1, -0.05) is 54.7 Å². The fraction of sp³-hybridized carbons (Fsp3) is 0.480. The Morgan fingerprint density at radius 2 is 1.62 bits per heavy atom. The van der Waals surface area contributed by atoms with Crippen molar-refractivity contribution in [2.24, 2.45) is 7.05 Å². The Kier molecular flexibility index (Phi) is 11.6. The van der Waals surface area contributed by atoms with Gasteiger partial charge in [-0.15, -0.1) is 0 Å². The van der Waals surface area contributed by atoms with Crippen LogP contribution in [0, 0.1) is 0 Å². The zero-order valence-corrected chi connectivity index (χ0v) is 20.1. The largest absolute Gasteiger partial charge is 0.496 e. The molecule has 7 heteroatoms. The lowest BCUT2D eigenvalue weighted by Crippen LogP contribution is -2.13. The van der Waals surface area contributed by atoms with E-state index in [9.17, 15) is 4.57 Å². The van der Waals surface area contributed by atoms with Crippen molar-refractivity contribution in [1.82, 2.24) is 19.7 Å². The molecule has 0 unspecified atom stereocenters. The summed E-state index contributed by atoms with van der Waals surface area (Å²) < 4.78 is 19.1. The van der Waals surface area contributed by atoms with E-state index < -0.39 is 7.14 Å². The van der Waals surface area contributed by atoms with Crippen LogP contribution in [0.4, 0.5) is 0 Å². The third-order valence-electron chi connectivity index (χ3n) is 4.66. The molecule has 0 N–H and O–H groups in total. The van der Waals surface area contributed by atoms with Crippen molar-refractivity contribution in [3.8, 4) is 17.1 Å². The molecule has 0 radical (unpaired) electrons. The predicted molar refractivity (Wildman–Crippen MR) is 138 cm³/mol. The van der Waals surface area contributed by atoms with Crippen LogP contribution in [0.15, 0.2) is 42.9 Å². The smallest absolute Gasteiger partial charge is 0.184 e. The molecular formula is C25H41N4O2P. The monoisotopic (exact) mass is 460 g/mol. The minimum Gasteiger partial charge on any atom is -0.496 e. The first-order valence-electron chi connectivity index (χ1n) is 10.1. The summed E-state index contributed by atoms with van der Waals surface area (Å²) in [6.07, 6.45) is 3.45. The van der Waals surface area contributed by atoms with Crippen LogP contribution < -0.4 is 10.0 Å². The van der Waals surface area contributed by atoms with Gasteiger partial charge in [0.2, 0.25) is 0 Å². The predicted octanol–water partition coefficient (Wildman–Crippen LogP) is 6.34. The molecule has 0 atom stereocenters. The quantitative estimate of drug-likeness (QED) is 0.416. The molecule has 0 saturated heterocycles. The Balaban J connectivity index is 0.000000584. The number of pyridine rings is 1. The molecule has 6 nitrogen and oxygen atoms in total. The van der Waals surface area contributed by atoms with Crippen molar-refractivity contribution in [1.29, 1.82) is 0 Å². The molecule has 3 rings (SSSR count). The van der Waals surface area contributed by atoms with Gasteiger partial charge in [-0.05, 0) is 48.9 Å². The van der Waals surface area contributed by atoms with E-state index in [1.165, 1.54) is 5.56 Å². The molecule has 32 heavy (non-hydrogen) atoms. The highest BCUT2D eigenvalue weighted by molar-refractivity contribution is 7.70. The van der Waals surface area contributed by atoms with E-state index in [4.69, 9.17) is 4.74 Å². The molecule has 0 aliphatic rings. The molecule has 0 aliphatic heterocycles. The van der Waals surface area contributed by atoms with E-state index in [2.05, 4.69) is 48.8 Å². The topological polar surface area (TPSA) is 69.9 Å². The normalized spacial score (nSPS) is 10.7. The standard InChI is InChI=1S/C13H17N3O.C10H16NOP.2CH4/c1-9(2)10-6-5-7-11(12(10)17-4)13-14-8-16(3)15-13;1-8(2)10-9(13(3,4)12)6-5-7-11-10;;/h5-9H,1-4H3;5-8H,1-4H3;2*1H4. The lowest BCUT2D eigenvalue weighted by molar-refractivity contribution is 0.409. The summed E-state index contributed by atoms with van der Waals surface area (Å²) in [5.41, 5.74) is 3.09. The molecule has 0 spiro atoms. The number of hydrogen-bond acceptors (Lipinski definition) is 5. The van der Waals surface area contributed by atoms with Gasteiger partial charge in [0, 0.05) is 18.5 Å². The first-order valence-corrected chi connectivity index (χ1v) is 12.7. The number of hydrogen-bond donors (Lipinski definition) is 0. The van der Waals surface area contributed by atoms with E-state index in [-0.39, 0.29) is 14.9 Å². The molecule has 1 aromatic carbocycles. The maximum absolute atomic E-state index is 11.9. The fourth-order valence-corrected chi connectivity index (χ4v) is 4.50. The highest BCUT2D eigenvalue weighted by Gasteiger charge is 2.18. The number of aryl methyl sites for hydroxylation is 1. The fourth-order valence-electron chi connectivity index (χ4n) is 3.19. The Hall–Kier alpha value is -2.46. The Labute approximate surface area is 194 Å². The molecule has 0 bridgehead atoms. The van der Waals surface area contributed by atoms with Gasteiger partial charge in [0.15, 0.2) is 5.82 Å². The lowest BCUT2D eigenvalue weighted by Gasteiger charge is -2.14. The van der Waals surface area contributed by atoms with E-state index >= 15 is 0 Å². The molecule has 2 heterocycles. The van der Waals surface area contributed by atoms with Crippen molar-refractivity contribution in [2.45, 2.75) is 54.4 Å². The van der Waals surface area contributed by atoms with Crippen LogP contribution in [0.25, 0.3) is 11.4 Å². The summed E-state index contributed by atoms with van der Waals surface area (Å²) in [7, 11) is 1.37. The van der Waals surface area contributed by atoms with Crippen LogP contribution in [0.1, 0.15) is 65.6 Å². The molecular weight excluding hydrogens is 419 g/mol. The molecule has 178 valence electrons. The second-order valence-corrected chi connectivity index (χ2v) is 11.4. The Bertz CT molecular complexity index is 1020. The average Bonchev–Trinajstić information content (AvgIpc) is 3.13. The van der Waals surface area contributed by atoms with Gasteiger partial charge in [0.25, 0.3) is 0 Å². The average molecular weight is 461 g/mol. The van der Waals surface area contributed by atoms with Crippen molar-refractivity contribution >= 4 is 12.4 Å². The molecule has 3 aromatic rings. The van der Waals surface area contributed by atoms with Crippen LogP contribution in [-0.2, 0) is 11.6 Å².